The van der Waals surface area contributed by atoms with Crippen molar-refractivity contribution in [3.05, 3.63) is 80.5 Å². The predicted octanol–water partition coefficient (Wildman–Crippen LogP) is 5.56. The summed E-state index contributed by atoms with van der Waals surface area (Å²) in [6.45, 7) is 10.2. The second-order valence-electron chi connectivity index (χ2n) is 9.52. The van der Waals surface area contributed by atoms with Gasteiger partial charge in [0.15, 0.2) is 5.16 Å². The van der Waals surface area contributed by atoms with Crippen molar-refractivity contribution < 1.29 is 4.79 Å². The first-order valence-electron chi connectivity index (χ1n) is 12.2. The van der Waals surface area contributed by atoms with Crippen molar-refractivity contribution >= 4 is 44.9 Å². The van der Waals surface area contributed by atoms with Crippen LogP contribution in [0, 0.1) is 13.8 Å². The van der Waals surface area contributed by atoms with E-state index in [2.05, 4.69) is 24.1 Å². The molecule has 1 N–H and O–H groups in total. The zero-order chi connectivity index (χ0) is 25.4. The zero-order valence-corrected chi connectivity index (χ0v) is 22.6. The summed E-state index contributed by atoms with van der Waals surface area (Å²) in [7, 11) is 0. The predicted molar refractivity (Wildman–Crippen MR) is 150 cm³/mol. The van der Waals surface area contributed by atoms with Crippen LogP contribution < -0.4 is 10.9 Å². The molecule has 4 aromatic rings. The van der Waals surface area contributed by atoms with Crippen LogP contribution in [0.15, 0.2) is 58.5 Å². The van der Waals surface area contributed by atoms with Gasteiger partial charge in [-0.15, -0.1) is 11.3 Å². The summed E-state index contributed by atoms with van der Waals surface area (Å²) < 4.78 is 1.67. The Labute approximate surface area is 219 Å². The molecule has 36 heavy (non-hydrogen) atoms. The molecule has 8 heteroatoms. The van der Waals surface area contributed by atoms with Crippen molar-refractivity contribution in [1.29, 1.82) is 0 Å². The lowest BCUT2D eigenvalue weighted by Crippen LogP contribution is -2.35. The largest absolute Gasteiger partial charge is 0.325 e. The number of amides is 1. The summed E-state index contributed by atoms with van der Waals surface area (Å²) in [5.41, 5.74) is 4.75. The first-order valence-corrected chi connectivity index (χ1v) is 14.0. The highest BCUT2D eigenvalue weighted by molar-refractivity contribution is 7.99. The molecule has 0 saturated carbocycles. The van der Waals surface area contributed by atoms with Gasteiger partial charge in [0.1, 0.15) is 4.83 Å². The smallest absolute Gasteiger partial charge is 0.267 e. The fourth-order valence-electron chi connectivity index (χ4n) is 4.57. The van der Waals surface area contributed by atoms with E-state index >= 15 is 0 Å². The maximum Gasteiger partial charge on any atom is 0.267 e. The molecule has 0 atom stereocenters. The summed E-state index contributed by atoms with van der Waals surface area (Å²) >= 11 is 2.91. The lowest BCUT2D eigenvalue weighted by Gasteiger charge is -2.30. The van der Waals surface area contributed by atoms with Crippen LogP contribution >= 0.6 is 23.1 Å². The number of rotatable bonds is 6. The van der Waals surface area contributed by atoms with Crippen molar-refractivity contribution in [3.8, 4) is 5.69 Å². The van der Waals surface area contributed by atoms with Crippen LogP contribution in [0.4, 0.5) is 5.69 Å². The number of carbonyl (C=O) groups is 1. The van der Waals surface area contributed by atoms with Crippen molar-refractivity contribution in [2.45, 2.75) is 51.9 Å². The number of thiophene rings is 1. The molecule has 0 bridgehead atoms. The number of hydrogen-bond donors (Lipinski definition) is 1. The van der Waals surface area contributed by atoms with E-state index in [0.717, 1.165) is 57.8 Å². The average Bonchev–Trinajstić information content (AvgIpc) is 3.23. The summed E-state index contributed by atoms with van der Waals surface area (Å²) in [6.07, 6.45) is 0.851. The highest BCUT2D eigenvalue weighted by atomic mass is 32.2. The molecule has 1 aliphatic rings. The molecule has 0 radical (unpaired) electrons. The SMILES string of the molecule is Cc1ccc(C)c(NC(=O)CSc2nc3sc4c(c3c(=O)n2-c2ccccc2)CCN(C(C)C)C4)c1. The normalized spacial score (nSPS) is 13.8. The molecule has 1 amide bonds. The topological polar surface area (TPSA) is 67.2 Å². The number of fused-ring (bicyclic) bond motifs is 3. The van der Waals surface area contributed by atoms with E-state index in [-0.39, 0.29) is 17.2 Å². The number of nitrogens with one attached hydrogen (secondary N) is 1. The third-order valence-electron chi connectivity index (χ3n) is 6.62. The van der Waals surface area contributed by atoms with Crippen LogP contribution in [0.5, 0.6) is 0 Å². The third kappa shape index (κ3) is 4.85. The molecule has 0 fully saturated rings. The van der Waals surface area contributed by atoms with Gasteiger partial charge in [-0.3, -0.25) is 19.1 Å². The second kappa shape index (κ2) is 10.2. The molecular weight excluding hydrogens is 488 g/mol. The van der Waals surface area contributed by atoms with Crippen molar-refractivity contribution in [2.75, 3.05) is 17.6 Å². The van der Waals surface area contributed by atoms with Gasteiger partial charge in [0, 0.05) is 29.7 Å². The third-order valence-corrected chi connectivity index (χ3v) is 8.67. The fourth-order valence-corrected chi connectivity index (χ4v) is 6.67. The number of carbonyl (C=O) groups excluding carboxylic acids is 1. The van der Waals surface area contributed by atoms with Gasteiger partial charge in [0.25, 0.3) is 5.56 Å². The monoisotopic (exact) mass is 518 g/mol. The van der Waals surface area contributed by atoms with E-state index in [1.165, 1.54) is 16.6 Å². The summed E-state index contributed by atoms with van der Waals surface area (Å²) in [6, 6.07) is 16.0. The first kappa shape index (κ1) is 24.7. The van der Waals surface area contributed by atoms with Crippen molar-refractivity contribution in [1.82, 2.24) is 14.5 Å². The van der Waals surface area contributed by atoms with Crippen LogP contribution in [0.3, 0.4) is 0 Å². The Kier molecular flexibility index (Phi) is 7.01. The number of anilines is 1. The molecule has 0 aliphatic carbocycles. The molecular formula is C28H30N4O2S2. The Bertz CT molecular complexity index is 1490. The molecule has 2 aromatic heterocycles. The molecule has 6 nitrogen and oxygen atoms in total. The van der Waals surface area contributed by atoms with E-state index in [9.17, 15) is 9.59 Å². The van der Waals surface area contributed by atoms with Gasteiger partial charge >= 0.3 is 0 Å². The van der Waals surface area contributed by atoms with Gasteiger partial charge in [-0.1, -0.05) is 42.1 Å². The lowest BCUT2D eigenvalue weighted by molar-refractivity contribution is -0.113. The van der Waals surface area contributed by atoms with Crippen LogP contribution in [-0.2, 0) is 17.8 Å². The molecule has 3 heterocycles. The van der Waals surface area contributed by atoms with Gasteiger partial charge < -0.3 is 5.32 Å². The zero-order valence-electron chi connectivity index (χ0n) is 21.0. The second-order valence-corrected chi connectivity index (χ2v) is 11.6. The van der Waals surface area contributed by atoms with Crippen molar-refractivity contribution in [3.63, 3.8) is 0 Å². The minimum absolute atomic E-state index is 0.0564. The van der Waals surface area contributed by atoms with Crippen LogP contribution in [0.1, 0.15) is 35.4 Å². The summed E-state index contributed by atoms with van der Waals surface area (Å²) in [4.78, 5) is 36.1. The fraction of sp³-hybridized carbons (Fsp3) is 0.321. The van der Waals surface area contributed by atoms with Crippen LogP contribution in [0.2, 0.25) is 0 Å². The average molecular weight is 519 g/mol. The van der Waals surface area contributed by atoms with Crippen LogP contribution in [-0.4, -0.2) is 38.7 Å². The van der Waals surface area contributed by atoms with Gasteiger partial charge in [-0.25, -0.2) is 4.98 Å². The maximum atomic E-state index is 13.9. The molecule has 186 valence electrons. The van der Waals surface area contributed by atoms with Crippen molar-refractivity contribution in [2.24, 2.45) is 0 Å². The quantitative estimate of drug-likeness (QED) is 0.267. The maximum absolute atomic E-state index is 13.9. The Hall–Kier alpha value is -2.94. The number of benzene rings is 2. The first-order chi connectivity index (χ1) is 17.3. The highest BCUT2D eigenvalue weighted by Gasteiger charge is 2.26. The molecule has 0 spiro atoms. The molecule has 2 aromatic carbocycles. The molecule has 1 aliphatic heterocycles. The van der Waals surface area contributed by atoms with E-state index in [1.54, 1.807) is 15.9 Å². The highest BCUT2D eigenvalue weighted by Crippen LogP contribution is 2.35. The van der Waals surface area contributed by atoms with Gasteiger partial charge in [0.2, 0.25) is 5.91 Å². The Morgan fingerprint density at radius 3 is 2.69 bits per heavy atom. The van der Waals surface area contributed by atoms with E-state index < -0.39 is 0 Å². The number of aryl methyl sites for hydroxylation is 2. The molecule has 0 saturated heterocycles. The molecule has 5 rings (SSSR count). The van der Waals surface area contributed by atoms with Gasteiger partial charge in [-0.2, -0.15) is 0 Å². The minimum atomic E-state index is -0.124. The number of aromatic nitrogens is 2. The minimum Gasteiger partial charge on any atom is -0.325 e. The van der Waals surface area contributed by atoms with E-state index in [0.29, 0.717) is 11.2 Å². The van der Waals surface area contributed by atoms with E-state index in [1.807, 2.05) is 62.4 Å². The standard InChI is InChI=1S/C28H30N4O2S2/c1-17(2)31-13-12-21-23(15-31)36-26-25(21)27(34)32(20-8-6-5-7-9-20)28(30-26)35-16-24(33)29-22-14-18(3)10-11-19(22)4/h5-11,14,17H,12-13,15-16H2,1-4H3,(H,29,33). The lowest BCUT2D eigenvalue weighted by atomic mass is 10.0. The number of thioether (sulfide) groups is 1. The van der Waals surface area contributed by atoms with Crippen LogP contribution in [0.25, 0.3) is 15.9 Å². The molecule has 0 unspecified atom stereocenters. The number of para-hydroxylation sites is 1. The Morgan fingerprint density at radius 2 is 1.94 bits per heavy atom. The Morgan fingerprint density at radius 1 is 1.17 bits per heavy atom. The summed E-state index contributed by atoms with van der Waals surface area (Å²) in [5, 5.41) is 4.27. The Balaban J connectivity index is 1.51. The summed E-state index contributed by atoms with van der Waals surface area (Å²) in [5.74, 6) is 0.0328. The van der Waals surface area contributed by atoms with Gasteiger partial charge in [0.05, 0.1) is 16.8 Å². The van der Waals surface area contributed by atoms with E-state index in [4.69, 9.17) is 4.98 Å². The number of nitrogens with zero attached hydrogens (tertiary/aromatic N) is 3. The van der Waals surface area contributed by atoms with Gasteiger partial charge in [-0.05, 0) is 69.0 Å². The number of hydrogen-bond acceptors (Lipinski definition) is 6.